The molecule has 2 aromatic rings. The molecule has 1 fully saturated rings. The topological polar surface area (TPSA) is 85.5 Å². The number of thiophene rings is 1. The third-order valence-electron chi connectivity index (χ3n) is 3.09. The van der Waals surface area contributed by atoms with E-state index < -0.39 is 16.1 Å². The summed E-state index contributed by atoms with van der Waals surface area (Å²) in [7, 11) is -3.75. The number of ether oxygens (including phenoxy) is 1. The van der Waals surface area contributed by atoms with E-state index in [0.717, 1.165) is 11.3 Å². The van der Waals surface area contributed by atoms with Gasteiger partial charge in [0.1, 0.15) is 15.3 Å². The van der Waals surface area contributed by atoms with E-state index in [1.807, 2.05) is 0 Å². The fourth-order valence-electron chi connectivity index (χ4n) is 2.08. The summed E-state index contributed by atoms with van der Waals surface area (Å²) in [6, 6.07) is 1.35. The second kappa shape index (κ2) is 6.06. The third kappa shape index (κ3) is 3.01. The number of aromatic nitrogens is 2. The fourth-order valence-corrected chi connectivity index (χ4v) is 5.61. The number of hydrogen-bond donors (Lipinski definition) is 0. The molecule has 0 spiro atoms. The van der Waals surface area contributed by atoms with Crippen molar-refractivity contribution < 1.29 is 17.6 Å². The van der Waals surface area contributed by atoms with E-state index in [2.05, 4.69) is 10.2 Å². The molecule has 7 nitrogen and oxygen atoms in total. The molecule has 1 aliphatic rings. The van der Waals surface area contributed by atoms with Gasteiger partial charge in [0.15, 0.2) is 0 Å². The van der Waals surface area contributed by atoms with Crippen molar-refractivity contribution in [2.45, 2.75) is 17.9 Å². The summed E-state index contributed by atoms with van der Waals surface area (Å²) in [4.78, 5) is 0.00604. The Bertz CT molecular complexity index is 789. The lowest BCUT2D eigenvalue weighted by Gasteiger charge is -2.30. The van der Waals surface area contributed by atoms with Crippen LogP contribution < -0.4 is 0 Å². The maximum absolute atomic E-state index is 12.7. The van der Waals surface area contributed by atoms with Gasteiger partial charge in [-0.2, -0.15) is 4.31 Å². The Morgan fingerprint density at radius 3 is 2.77 bits per heavy atom. The summed E-state index contributed by atoms with van der Waals surface area (Å²) in [5.41, 5.74) is 0. The first-order valence-corrected chi connectivity index (χ1v) is 9.26. The Labute approximate surface area is 140 Å². The predicted molar refractivity (Wildman–Crippen MR) is 80.8 cm³/mol. The van der Waals surface area contributed by atoms with Crippen molar-refractivity contribution in [1.29, 1.82) is 0 Å². The van der Waals surface area contributed by atoms with Crippen molar-refractivity contribution in [3.63, 3.8) is 0 Å². The van der Waals surface area contributed by atoms with E-state index in [1.54, 1.807) is 6.92 Å². The quantitative estimate of drug-likeness (QED) is 0.809. The van der Waals surface area contributed by atoms with Gasteiger partial charge >= 0.3 is 0 Å². The summed E-state index contributed by atoms with van der Waals surface area (Å²) >= 11 is 12.8. The minimum atomic E-state index is -3.75. The molecule has 2 aromatic heterocycles. The van der Waals surface area contributed by atoms with Crippen LogP contribution in [-0.2, 0) is 14.8 Å². The first kappa shape index (κ1) is 16.2. The number of morpholine rings is 1. The van der Waals surface area contributed by atoms with Crippen LogP contribution in [0.1, 0.15) is 17.9 Å². The van der Waals surface area contributed by atoms with Crippen LogP contribution in [0.15, 0.2) is 15.4 Å². The van der Waals surface area contributed by atoms with Crippen LogP contribution in [0, 0.1) is 6.92 Å². The summed E-state index contributed by atoms with van der Waals surface area (Å²) in [6.45, 7) is 2.17. The molecule has 0 aliphatic carbocycles. The Morgan fingerprint density at radius 1 is 1.41 bits per heavy atom. The maximum Gasteiger partial charge on any atom is 0.246 e. The average Bonchev–Trinajstić information content (AvgIpc) is 3.05. The van der Waals surface area contributed by atoms with Crippen LogP contribution in [-0.4, -0.2) is 42.6 Å². The van der Waals surface area contributed by atoms with E-state index in [-0.39, 0.29) is 34.8 Å². The summed E-state index contributed by atoms with van der Waals surface area (Å²) in [5.74, 6) is 0.651. The zero-order valence-corrected chi connectivity index (χ0v) is 14.5. The van der Waals surface area contributed by atoms with Gasteiger partial charge in [-0.1, -0.05) is 23.2 Å². The minimum Gasteiger partial charge on any atom is -0.423 e. The van der Waals surface area contributed by atoms with Gasteiger partial charge in [-0.15, -0.1) is 21.5 Å². The molecule has 0 unspecified atom stereocenters. The number of aryl methyl sites for hydroxylation is 1. The molecule has 0 N–H and O–H groups in total. The molecule has 0 aromatic carbocycles. The normalized spacial score (nSPS) is 20.4. The van der Waals surface area contributed by atoms with Gasteiger partial charge < -0.3 is 9.15 Å². The third-order valence-corrected chi connectivity index (χ3v) is 6.71. The summed E-state index contributed by atoms with van der Waals surface area (Å²) < 4.78 is 37.9. The SMILES string of the molecule is Cc1nnc([C@H]2CN(S(=O)(=O)c3cc(Cl)sc3Cl)CCO2)o1. The highest BCUT2D eigenvalue weighted by atomic mass is 35.5. The molecule has 22 heavy (non-hydrogen) atoms. The Kier molecular flexibility index (Phi) is 4.45. The van der Waals surface area contributed by atoms with E-state index in [1.165, 1.54) is 10.4 Å². The molecule has 11 heteroatoms. The Hall–Kier alpha value is -0.710. The van der Waals surface area contributed by atoms with Crippen LogP contribution in [0.3, 0.4) is 0 Å². The van der Waals surface area contributed by atoms with Gasteiger partial charge in [0.05, 0.1) is 10.9 Å². The van der Waals surface area contributed by atoms with Crippen molar-refractivity contribution in [2.24, 2.45) is 0 Å². The molecule has 0 radical (unpaired) electrons. The van der Waals surface area contributed by atoms with Crippen LogP contribution in [0.5, 0.6) is 0 Å². The minimum absolute atomic E-state index is 0.00604. The van der Waals surface area contributed by atoms with Crippen LogP contribution in [0.2, 0.25) is 8.67 Å². The molecule has 1 aliphatic heterocycles. The Morgan fingerprint density at radius 2 is 2.18 bits per heavy atom. The van der Waals surface area contributed by atoms with Gasteiger partial charge in [-0.3, -0.25) is 0 Å². The van der Waals surface area contributed by atoms with Gasteiger partial charge in [0.2, 0.25) is 21.8 Å². The van der Waals surface area contributed by atoms with Crippen molar-refractivity contribution in [1.82, 2.24) is 14.5 Å². The van der Waals surface area contributed by atoms with E-state index in [9.17, 15) is 8.42 Å². The van der Waals surface area contributed by atoms with E-state index >= 15 is 0 Å². The highest BCUT2D eigenvalue weighted by Gasteiger charge is 2.35. The highest BCUT2D eigenvalue weighted by molar-refractivity contribution is 7.89. The zero-order chi connectivity index (χ0) is 15.9. The molecule has 3 rings (SSSR count). The number of rotatable bonds is 3. The molecule has 120 valence electrons. The number of nitrogens with zero attached hydrogens (tertiary/aromatic N) is 3. The Balaban J connectivity index is 1.86. The second-order valence-corrected chi connectivity index (χ2v) is 8.76. The maximum atomic E-state index is 12.7. The van der Waals surface area contributed by atoms with Gasteiger partial charge in [-0.05, 0) is 6.07 Å². The molecular formula is C11H11Cl2N3O4S2. The van der Waals surface area contributed by atoms with Gasteiger partial charge in [0, 0.05) is 20.0 Å². The fraction of sp³-hybridized carbons (Fsp3) is 0.455. The first-order valence-electron chi connectivity index (χ1n) is 6.24. The van der Waals surface area contributed by atoms with Crippen molar-refractivity contribution >= 4 is 44.6 Å². The predicted octanol–water partition coefficient (Wildman–Crippen LogP) is 2.51. The zero-order valence-electron chi connectivity index (χ0n) is 11.3. The van der Waals surface area contributed by atoms with Crippen LogP contribution in [0.4, 0.5) is 0 Å². The van der Waals surface area contributed by atoms with Crippen LogP contribution >= 0.6 is 34.5 Å². The van der Waals surface area contributed by atoms with Gasteiger partial charge in [-0.25, -0.2) is 8.42 Å². The molecule has 0 saturated carbocycles. The number of sulfonamides is 1. The number of hydrogen-bond acceptors (Lipinski definition) is 7. The molecule has 1 saturated heterocycles. The monoisotopic (exact) mass is 383 g/mol. The molecule has 0 bridgehead atoms. The summed E-state index contributed by atoms with van der Waals surface area (Å²) in [6.07, 6.45) is -0.599. The smallest absolute Gasteiger partial charge is 0.246 e. The van der Waals surface area contributed by atoms with E-state index in [0.29, 0.717) is 10.2 Å². The molecule has 3 heterocycles. The molecular weight excluding hydrogens is 373 g/mol. The number of halogens is 2. The second-order valence-electron chi connectivity index (χ2n) is 4.57. The highest BCUT2D eigenvalue weighted by Crippen LogP contribution is 2.37. The van der Waals surface area contributed by atoms with Gasteiger partial charge in [0.25, 0.3) is 0 Å². The first-order chi connectivity index (χ1) is 10.4. The molecule has 0 amide bonds. The van der Waals surface area contributed by atoms with E-state index in [4.69, 9.17) is 32.4 Å². The van der Waals surface area contributed by atoms with Crippen molar-refractivity contribution in [2.75, 3.05) is 19.7 Å². The van der Waals surface area contributed by atoms with Crippen LogP contribution in [0.25, 0.3) is 0 Å². The largest absolute Gasteiger partial charge is 0.423 e. The lowest BCUT2D eigenvalue weighted by molar-refractivity contribution is -0.0176. The lowest BCUT2D eigenvalue weighted by Crippen LogP contribution is -2.42. The standard InChI is InChI=1S/C11H11Cl2N3O4S2/c1-6-14-15-11(20-6)7-5-16(2-3-19-7)22(17,18)8-4-9(12)21-10(8)13/h4,7H,2-3,5H2,1H3/t7-/m1/s1. The van der Waals surface area contributed by atoms with Crippen molar-refractivity contribution in [3.8, 4) is 0 Å². The molecule has 1 atom stereocenters. The summed E-state index contributed by atoms with van der Waals surface area (Å²) in [5, 5.41) is 7.60. The lowest BCUT2D eigenvalue weighted by atomic mass is 10.3. The average molecular weight is 384 g/mol. The van der Waals surface area contributed by atoms with Crippen molar-refractivity contribution in [3.05, 3.63) is 26.5 Å².